The van der Waals surface area contributed by atoms with Gasteiger partial charge in [-0.3, -0.25) is 14.2 Å². The number of hydrogen-bond acceptors (Lipinski definition) is 3. The van der Waals surface area contributed by atoms with Crippen molar-refractivity contribution in [3.05, 3.63) is 35.4 Å². The zero-order chi connectivity index (χ0) is 15.7. The van der Waals surface area contributed by atoms with Gasteiger partial charge in [0, 0.05) is 44.0 Å². The smallest absolute Gasteiger partial charge is 0.224 e. The van der Waals surface area contributed by atoms with Gasteiger partial charge in [0.2, 0.25) is 5.91 Å². The molecule has 1 saturated heterocycles. The molecule has 0 radical (unpaired) electrons. The molecule has 1 fully saturated rings. The van der Waals surface area contributed by atoms with Crippen molar-refractivity contribution in [1.29, 1.82) is 0 Å². The topological polar surface area (TPSA) is 56.0 Å². The summed E-state index contributed by atoms with van der Waals surface area (Å²) in [5.74, 6) is 0.207. The molecule has 0 N–H and O–H groups in total. The first-order valence-corrected chi connectivity index (χ1v) is 7.83. The van der Waals surface area contributed by atoms with E-state index >= 15 is 0 Å². The van der Waals surface area contributed by atoms with Crippen LogP contribution in [0.4, 0.5) is 0 Å². The lowest BCUT2D eigenvalue weighted by atomic mass is 10.1. The van der Waals surface area contributed by atoms with E-state index in [-0.39, 0.29) is 11.9 Å². The van der Waals surface area contributed by atoms with E-state index in [4.69, 9.17) is 0 Å². The Bertz CT molecular complexity index is 672. The van der Waals surface area contributed by atoms with Crippen LogP contribution in [0.3, 0.4) is 0 Å². The molecule has 1 aliphatic heterocycles. The van der Waals surface area contributed by atoms with Crippen molar-refractivity contribution < 1.29 is 4.79 Å². The summed E-state index contributed by atoms with van der Waals surface area (Å²) in [6.45, 7) is 5.49. The van der Waals surface area contributed by atoms with Crippen LogP contribution in [0.1, 0.15) is 42.3 Å². The molecule has 118 valence electrons. The molecule has 1 atom stereocenters. The number of rotatable bonds is 4. The monoisotopic (exact) mass is 301 g/mol. The van der Waals surface area contributed by atoms with E-state index in [0.29, 0.717) is 13.0 Å². The Labute approximate surface area is 130 Å². The third kappa shape index (κ3) is 2.91. The van der Waals surface area contributed by atoms with E-state index in [1.54, 1.807) is 4.68 Å². The fourth-order valence-corrected chi connectivity index (χ4v) is 3.27. The van der Waals surface area contributed by atoms with Gasteiger partial charge in [0.25, 0.3) is 0 Å². The van der Waals surface area contributed by atoms with Crippen LogP contribution >= 0.6 is 0 Å². The highest BCUT2D eigenvalue weighted by Gasteiger charge is 2.30. The predicted molar refractivity (Wildman–Crippen MR) is 83.2 cm³/mol. The SMILES string of the molecule is Cc1cc(C)n(CCC(=O)N2CCC[C@H]2c2cnn(C)c2)n1. The van der Waals surface area contributed by atoms with E-state index in [2.05, 4.69) is 10.2 Å². The van der Waals surface area contributed by atoms with Gasteiger partial charge < -0.3 is 4.90 Å². The number of aromatic nitrogens is 4. The summed E-state index contributed by atoms with van der Waals surface area (Å²) >= 11 is 0. The van der Waals surface area contributed by atoms with Crippen molar-refractivity contribution in [3.63, 3.8) is 0 Å². The second-order valence-corrected chi connectivity index (χ2v) is 6.09. The molecular weight excluding hydrogens is 278 g/mol. The van der Waals surface area contributed by atoms with Gasteiger partial charge in [0.1, 0.15) is 0 Å². The summed E-state index contributed by atoms with van der Waals surface area (Å²) in [5, 5.41) is 8.65. The molecule has 22 heavy (non-hydrogen) atoms. The average Bonchev–Trinajstić information content (AvgIpc) is 3.16. The second kappa shape index (κ2) is 5.94. The Balaban J connectivity index is 1.65. The number of amides is 1. The van der Waals surface area contributed by atoms with E-state index < -0.39 is 0 Å². The van der Waals surface area contributed by atoms with Gasteiger partial charge >= 0.3 is 0 Å². The van der Waals surface area contributed by atoms with Crippen molar-refractivity contribution in [1.82, 2.24) is 24.5 Å². The summed E-state index contributed by atoms with van der Waals surface area (Å²) in [6.07, 6.45) is 6.47. The number of hydrogen-bond donors (Lipinski definition) is 0. The minimum atomic E-state index is 0.182. The molecule has 0 unspecified atom stereocenters. The fraction of sp³-hybridized carbons (Fsp3) is 0.562. The number of likely N-dealkylation sites (tertiary alicyclic amines) is 1. The van der Waals surface area contributed by atoms with Gasteiger partial charge in [-0.25, -0.2) is 0 Å². The second-order valence-electron chi connectivity index (χ2n) is 6.09. The van der Waals surface area contributed by atoms with Crippen LogP contribution in [0, 0.1) is 13.8 Å². The Kier molecular flexibility index (Phi) is 4.00. The van der Waals surface area contributed by atoms with Crippen molar-refractivity contribution >= 4 is 5.91 Å². The largest absolute Gasteiger partial charge is 0.335 e. The first kappa shape index (κ1) is 14.8. The summed E-state index contributed by atoms with van der Waals surface area (Å²) < 4.78 is 3.72. The van der Waals surface area contributed by atoms with Gasteiger partial charge in [-0.15, -0.1) is 0 Å². The zero-order valence-electron chi connectivity index (χ0n) is 13.5. The quantitative estimate of drug-likeness (QED) is 0.868. The number of carbonyl (C=O) groups is 1. The molecule has 6 heteroatoms. The number of carbonyl (C=O) groups excluding carboxylic acids is 1. The lowest BCUT2D eigenvalue weighted by molar-refractivity contribution is -0.132. The Morgan fingerprint density at radius 1 is 1.41 bits per heavy atom. The Morgan fingerprint density at radius 2 is 2.23 bits per heavy atom. The molecule has 1 aliphatic rings. The summed E-state index contributed by atoms with van der Waals surface area (Å²) in [5.41, 5.74) is 3.24. The lowest BCUT2D eigenvalue weighted by Gasteiger charge is -2.24. The summed E-state index contributed by atoms with van der Waals surface area (Å²) in [6, 6.07) is 2.22. The van der Waals surface area contributed by atoms with Crippen LogP contribution in [-0.4, -0.2) is 36.9 Å². The highest BCUT2D eigenvalue weighted by molar-refractivity contribution is 5.77. The maximum absolute atomic E-state index is 12.6. The molecule has 3 heterocycles. The molecule has 2 aromatic heterocycles. The molecule has 0 aliphatic carbocycles. The van der Waals surface area contributed by atoms with E-state index in [1.807, 2.05) is 48.9 Å². The normalized spacial score (nSPS) is 18.1. The standard InChI is InChI=1S/C16H23N5O/c1-12-9-13(2)21(18-12)8-6-16(22)20-7-4-5-15(20)14-10-17-19(3)11-14/h9-11,15H,4-8H2,1-3H3/t15-/m0/s1. The predicted octanol–water partition coefficient (Wildman–Crippen LogP) is 1.99. The maximum Gasteiger partial charge on any atom is 0.224 e. The number of nitrogens with zero attached hydrogens (tertiary/aromatic N) is 5. The minimum Gasteiger partial charge on any atom is -0.335 e. The molecule has 6 nitrogen and oxygen atoms in total. The maximum atomic E-state index is 12.6. The molecule has 3 rings (SSSR count). The van der Waals surface area contributed by atoms with Crippen LogP contribution in [-0.2, 0) is 18.4 Å². The van der Waals surface area contributed by atoms with Crippen molar-refractivity contribution in [3.8, 4) is 0 Å². The first-order chi connectivity index (χ1) is 10.5. The van der Waals surface area contributed by atoms with Gasteiger partial charge in [-0.05, 0) is 32.8 Å². The summed E-state index contributed by atoms with van der Waals surface area (Å²) in [4.78, 5) is 14.6. The molecule has 0 bridgehead atoms. The van der Waals surface area contributed by atoms with Gasteiger partial charge in [-0.2, -0.15) is 10.2 Å². The van der Waals surface area contributed by atoms with Crippen molar-refractivity contribution in [2.24, 2.45) is 7.05 Å². The lowest BCUT2D eigenvalue weighted by Crippen LogP contribution is -2.31. The van der Waals surface area contributed by atoms with Crippen molar-refractivity contribution in [2.45, 2.75) is 45.7 Å². The van der Waals surface area contributed by atoms with Crippen LogP contribution in [0.15, 0.2) is 18.5 Å². The van der Waals surface area contributed by atoms with Crippen molar-refractivity contribution in [2.75, 3.05) is 6.54 Å². The zero-order valence-corrected chi connectivity index (χ0v) is 13.5. The fourth-order valence-electron chi connectivity index (χ4n) is 3.27. The highest BCUT2D eigenvalue weighted by Crippen LogP contribution is 2.32. The van der Waals surface area contributed by atoms with Gasteiger partial charge in [0.15, 0.2) is 0 Å². The molecule has 0 spiro atoms. The van der Waals surface area contributed by atoms with Crippen LogP contribution in [0.5, 0.6) is 0 Å². The van der Waals surface area contributed by atoms with E-state index in [9.17, 15) is 4.79 Å². The van der Waals surface area contributed by atoms with Gasteiger partial charge in [-0.1, -0.05) is 0 Å². The molecular formula is C16H23N5O. The third-order valence-corrected chi connectivity index (χ3v) is 4.32. The average molecular weight is 301 g/mol. The highest BCUT2D eigenvalue weighted by atomic mass is 16.2. The van der Waals surface area contributed by atoms with Crippen LogP contribution in [0.2, 0.25) is 0 Å². The third-order valence-electron chi connectivity index (χ3n) is 4.32. The molecule has 0 saturated carbocycles. The molecule has 1 amide bonds. The molecule has 0 aromatic carbocycles. The Hall–Kier alpha value is -2.11. The Morgan fingerprint density at radius 3 is 2.86 bits per heavy atom. The first-order valence-electron chi connectivity index (χ1n) is 7.83. The minimum absolute atomic E-state index is 0.182. The molecule has 2 aromatic rings. The van der Waals surface area contributed by atoms with E-state index in [0.717, 1.165) is 36.3 Å². The summed E-state index contributed by atoms with van der Waals surface area (Å²) in [7, 11) is 1.91. The van der Waals surface area contributed by atoms with E-state index in [1.165, 1.54) is 0 Å². The number of aryl methyl sites for hydroxylation is 4. The van der Waals surface area contributed by atoms with Crippen LogP contribution in [0.25, 0.3) is 0 Å². The van der Waals surface area contributed by atoms with Crippen LogP contribution < -0.4 is 0 Å². The van der Waals surface area contributed by atoms with Gasteiger partial charge in [0.05, 0.1) is 17.9 Å².